The number of carbonyl (C=O) groups excluding carboxylic acids is 1. The van der Waals surface area contributed by atoms with Crippen LogP contribution in [0, 0.1) is 20.8 Å². The lowest BCUT2D eigenvalue weighted by atomic mass is 10.00. The van der Waals surface area contributed by atoms with Crippen molar-refractivity contribution in [2.75, 3.05) is 0 Å². The Morgan fingerprint density at radius 3 is 2.29 bits per heavy atom. The number of rotatable bonds is 2. The van der Waals surface area contributed by atoms with Crippen LogP contribution in [0.25, 0.3) is 0 Å². The van der Waals surface area contributed by atoms with Gasteiger partial charge in [-0.05, 0) is 32.9 Å². The Kier molecular flexibility index (Phi) is 3.07. The van der Waals surface area contributed by atoms with Crippen LogP contribution < -0.4 is 0 Å². The van der Waals surface area contributed by atoms with Crippen LogP contribution in [0.1, 0.15) is 33.0 Å². The van der Waals surface area contributed by atoms with Crippen LogP contribution in [0.5, 0.6) is 0 Å². The average Bonchev–Trinajstić information content (AvgIpc) is 2.53. The van der Waals surface area contributed by atoms with Gasteiger partial charge < -0.3 is 4.42 Å². The summed E-state index contributed by atoms with van der Waals surface area (Å²) in [6.07, 6.45) is 0. The Morgan fingerprint density at radius 1 is 1.12 bits per heavy atom. The molecule has 0 bridgehead atoms. The van der Waals surface area contributed by atoms with Gasteiger partial charge in [0.25, 0.3) is 0 Å². The van der Waals surface area contributed by atoms with Crippen molar-refractivity contribution in [1.82, 2.24) is 0 Å². The quantitative estimate of drug-likeness (QED) is 0.750. The Labute approximate surface area is 105 Å². The van der Waals surface area contributed by atoms with Crippen LogP contribution in [-0.4, -0.2) is 5.78 Å². The van der Waals surface area contributed by atoms with Crippen LogP contribution in [-0.2, 0) is 0 Å². The van der Waals surface area contributed by atoms with Crippen molar-refractivity contribution in [2.45, 2.75) is 20.8 Å². The highest BCUT2D eigenvalue weighted by Gasteiger charge is 2.21. The summed E-state index contributed by atoms with van der Waals surface area (Å²) in [5.41, 5.74) is 2.02. The first-order chi connectivity index (χ1) is 8.02. The molecule has 0 aliphatic carbocycles. The molecule has 17 heavy (non-hydrogen) atoms. The standard InChI is InChI=1S/C14H13ClO2/c1-8-9(2)17-10(3)13(8)14(16)11-6-4-5-7-12(11)15/h4-7H,1-3H3. The number of benzene rings is 1. The van der Waals surface area contributed by atoms with Crippen LogP contribution in [0.4, 0.5) is 0 Å². The SMILES string of the molecule is Cc1oc(C)c(C(=O)c2ccccc2Cl)c1C. The molecule has 1 aromatic heterocycles. The number of furan rings is 1. The lowest BCUT2D eigenvalue weighted by molar-refractivity contribution is 0.103. The molecule has 0 N–H and O–H groups in total. The molecule has 1 aromatic carbocycles. The maximum absolute atomic E-state index is 12.4. The molecule has 0 amide bonds. The molecule has 0 unspecified atom stereocenters. The molecule has 0 radical (unpaired) electrons. The summed E-state index contributed by atoms with van der Waals surface area (Å²) in [6.45, 7) is 5.53. The minimum Gasteiger partial charge on any atom is -0.466 e. The van der Waals surface area contributed by atoms with Gasteiger partial charge in [-0.25, -0.2) is 0 Å². The Hall–Kier alpha value is -1.54. The van der Waals surface area contributed by atoms with Gasteiger partial charge in [0.2, 0.25) is 0 Å². The second-order valence-corrected chi connectivity index (χ2v) is 4.43. The van der Waals surface area contributed by atoms with E-state index in [1.54, 1.807) is 31.2 Å². The van der Waals surface area contributed by atoms with E-state index in [9.17, 15) is 4.79 Å². The highest BCUT2D eigenvalue weighted by molar-refractivity contribution is 6.35. The van der Waals surface area contributed by atoms with Gasteiger partial charge in [-0.1, -0.05) is 23.7 Å². The summed E-state index contributed by atoms with van der Waals surface area (Å²) < 4.78 is 5.46. The van der Waals surface area contributed by atoms with Gasteiger partial charge in [0, 0.05) is 11.1 Å². The Balaban J connectivity index is 2.55. The third-order valence-electron chi connectivity index (χ3n) is 2.91. The van der Waals surface area contributed by atoms with Crippen molar-refractivity contribution in [3.63, 3.8) is 0 Å². The minimum atomic E-state index is -0.0811. The van der Waals surface area contributed by atoms with E-state index >= 15 is 0 Å². The third-order valence-corrected chi connectivity index (χ3v) is 3.24. The van der Waals surface area contributed by atoms with E-state index in [-0.39, 0.29) is 5.78 Å². The smallest absolute Gasteiger partial charge is 0.198 e. The summed E-state index contributed by atoms with van der Waals surface area (Å²) in [7, 11) is 0. The first-order valence-corrected chi connectivity index (χ1v) is 5.76. The molecule has 0 aliphatic rings. The third kappa shape index (κ3) is 2.01. The van der Waals surface area contributed by atoms with Gasteiger partial charge in [-0.3, -0.25) is 4.79 Å². The van der Waals surface area contributed by atoms with Crippen LogP contribution >= 0.6 is 11.6 Å². The van der Waals surface area contributed by atoms with Crippen molar-refractivity contribution < 1.29 is 9.21 Å². The minimum absolute atomic E-state index is 0.0811. The zero-order chi connectivity index (χ0) is 12.6. The topological polar surface area (TPSA) is 30.2 Å². The highest BCUT2D eigenvalue weighted by atomic mass is 35.5. The summed E-state index contributed by atoms with van der Waals surface area (Å²) in [4.78, 5) is 12.4. The predicted octanol–water partition coefficient (Wildman–Crippen LogP) is 4.09. The molecule has 0 atom stereocenters. The molecule has 2 aromatic rings. The van der Waals surface area contributed by atoms with Gasteiger partial charge in [0.1, 0.15) is 11.5 Å². The normalized spacial score (nSPS) is 10.6. The zero-order valence-electron chi connectivity index (χ0n) is 10.0. The van der Waals surface area contributed by atoms with Crippen molar-refractivity contribution in [3.8, 4) is 0 Å². The molecule has 3 heteroatoms. The monoisotopic (exact) mass is 248 g/mol. The van der Waals surface area contributed by atoms with E-state index in [4.69, 9.17) is 16.0 Å². The fourth-order valence-corrected chi connectivity index (χ4v) is 2.13. The van der Waals surface area contributed by atoms with E-state index in [1.807, 2.05) is 13.8 Å². The number of aryl methyl sites for hydroxylation is 2. The molecular formula is C14H13ClO2. The van der Waals surface area contributed by atoms with E-state index < -0.39 is 0 Å². The van der Waals surface area contributed by atoms with Gasteiger partial charge in [-0.15, -0.1) is 0 Å². The van der Waals surface area contributed by atoms with Crippen molar-refractivity contribution >= 4 is 17.4 Å². The molecule has 0 spiro atoms. The Bertz CT molecular complexity index is 582. The maximum Gasteiger partial charge on any atom is 0.198 e. The summed E-state index contributed by atoms with van der Waals surface area (Å²) in [6, 6.07) is 7.05. The summed E-state index contributed by atoms with van der Waals surface area (Å²) in [5, 5.41) is 0.468. The van der Waals surface area contributed by atoms with E-state index in [0.717, 1.165) is 11.3 Å². The van der Waals surface area contributed by atoms with Gasteiger partial charge in [0.05, 0.1) is 10.6 Å². The number of halogens is 1. The largest absolute Gasteiger partial charge is 0.466 e. The fraction of sp³-hybridized carbons (Fsp3) is 0.214. The van der Waals surface area contributed by atoms with E-state index in [0.29, 0.717) is 21.9 Å². The van der Waals surface area contributed by atoms with Crippen LogP contribution in [0.3, 0.4) is 0 Å². The van der Waals surface area contributed by atoms with Crippen LogP contribution in [0.15, 0.2) is 28.7 Å². The van der Waals surface area contributed by atoms with Gasteiger partial charge in [-0.2, -0.15) is 0 Å². The molecule has 0 saturated heterocycles. The number of carbonyl (C=O) groups is 1. The lowest BCUT2D eigenvalue weighted by Gasteiger charge is -2.03. The maximum atomic E-state index is 12.4. The summed E-state index contributed by atoms with van der Waals surface area (Å²) >= 11 is 6.03. The molecule has 0 saturated carbocycles. The molecule has 88 valence electrons. The molecule has 0 aliphatic heterocycles. The van der Waals surface area contributed by atoms with Crippen molar-refractivity contribution in [2.24, 2.45) is 0 Å². The molecule has 1 heterocycles. The predicted molar refractivity (Wildman–Crippen MR) is 67.8 cm³/mol. The van der Waals surface area contributed by atoms with Crippen LogP contribution in [0.2, 0.25) is 5.02 Å². The van der Waals surface area contributed by atoms with E-state index in [2.05, 4.69) is 0 Å². The highest BCUT2D eigenvalue weighted by Crippen LogP contribution is 2.26. The molecular weight excluding hydrogens is 236 g/mol. The fourth-order valence-electron chi connectivity index (χ4n) is 1.91. The first kappa shape index (κ1) is 11.9. The van der Waals surface area contributed by atoms with E-state index in [1.165, 1.54) is 0 Å². The number of hydrogen-bond donors (Lipinski definition) is 0. The Morgan fingerprint density at radius 2 is 1.76 bits per heavy atom. The van der Waals surface area contributed by atoms with Crippen molar-refractivity contribution in [3.05, 3.63) is 57.5 Å². The second-order valence-electron chi connectivity index (χ2n) is 4.02. The molecule has 2 nitrogen and oxygen atoms in total. The van der Waals surface area contributed by atoms with Gasteiger partial charge in [0.15, 0.2) is 5.78 Å². The van der Waals surface area contributed by atoms with Crippen molar-refractivity contribution in [1.29, 1.82) is 0 Å². The second kappa shape index (κ2) is 4.38. The molecule has 2 rings (SSSR count). The first-order valence-electron chi connectivity index (χ1n) is 5.38. The number of hydrogen-bond acceptors (Lipinski definition) is 2. The summed E-state index contributed by atoms with van der Waals surface area (Å²) in [5.74, 6) is 1.34. The zero-order valence-corrected chi connectivity index (χ0v) is 10.8. The molecule has 0 fully saturated rings. The number of ketones is 1. The lowest BCUT2D eigenvalue weighted by Crippen LogP contribution is -2.04. The average molecular weight is 249 g/mol. The van der Waals surface area contributed by atoms with Gasteiger partial charge >= 0.3 is 0 Å².